The molecule has 0 aliphatic heterocycles. The fourth-order valence-electron chi connectivity index (χ4n) is 4.13. The van der Waals surface area contributed by atoms with Crippen LogP contribution in [0.15, 0.2) is 77.7 Å². The third kappa shape index (κ3) is 8.47. The molecular formula is C31H38ClN3O5S. The second-order valence-corrected chi connectivity index (χ2v) is 13.1. The highest BCUT2D eigenvalue weighted by molar-refractivity contribution is 7.92. The van der Waals surface area contributed by atoms with Crippen molar-refractivity contribution in [3.05, 3.63) is 88.9 Å². The van der Waals surface area contributed by atoms with Crippen LogP contribution in [-0.2, 0) is 26.2 Å². The molecular weight excluding hydrogens is 562 g/mol. The van der Waals surface area contributed by atoms with Crippen LogP contribution in [0.2, 0.25) is 5.02 Å². The Morgan fingerprint density at radius 3 is 2.17 bits per heavy atom. The Bertz CT molecular complexity index is 1450. The van der Waals surface area contributed by atoms with Gasteiger partial charge in [-0.25, -0.2) is 8.42 Å². The minimum absolute atomic E-state index is 0.0374. The Morgan fingerprint density at radius 1 is 0.976 bits per heavy atom. The summed E-state index contributed by atoms with van der Waals surface area (Å²) in [4.78, 5) is 28.7. The third-order valence-corrected chi connectivity index (χ3v) is 8.28. The molecule has 3 rings (SSSR count). The van der Waals surface area contributed by atoms with Crippen LogP contribution >= 0.6 is 11.6 Å². The molecule has 0 unspecified atom stereocenters. The lowest BCUT2D eigenvalue weighted by atomic mass is 10.1. The molecule has 0 aliphatic carbocycles. The number of nitrogens with one attached hydrogen (secondary N) is 1. The van der Waals surface area contributed by atoms with E-state index in [9.17, 15) is 18.0 Å². The number of carbonyl (C=O) groups is 2. The molecule has 0 saturated carbocycles. The van der Waals surface area contributed by atoms with Gasteiger partial charge < -0.3 is 15.0 Å². The van der Waals surface area contributed by atoms with Crippen molar-refractivity contribution < 1.29 is 22.7 Å². The highest BCUT2D eigenvalue weighted by Crippen LogP contribution is 2.33. The van der Waals surface area contributed by atoms with Gasteiger partial charge in [-0.05, 0) is 83.5 Å². The van der Waals surface area contributed by atoms with Gasteiger partial charge in [-0.2, -0.15) is 0 Å². The molecule has 0 heterocycles. The van der Waals surface area contributed by atoms with Crippen molar-refractivity contribution in [3.63, 3.8) is 0 Å². The van der Waals surface area contributed by atoms with Crippen molar-refractivity contribution in [3.8, 4) is 5.75 Å². The van der Waals surface area contributed by atoms with Gasteiger partial charge in [0.1, 0.15) is 18.3 Å². The maximum Gasteiger partial charge on any atom is 0.264 e. The van der Waals surface area contributed by atoms with Crippen molar-refractivity contribution >= 4 is 39.1 Å². The van der Waals surface area contributed by atoms with Crippen molar-refractivity contribution in [2.24, 2.45) is 0 Å². The van der Waals surface area contributed by atoms with E-state index >= 15 is 0 Å². The van der Waals surface area contributed by atoms with E-state index < -0.39 is 34.1 Å². The minimum atomic E-state index is -4.25. The minimum Gasteiger partial charge on any atom is -0.492 e. The van der Waals surface area contributed by atoms with E-state index in [2.05, 4.69) is 5.32 Å². The number of nitrogens with zero attached hydrogens (tertiary/aromatic N) is 2. The zero-order valence-corrected chi connectivity index (χ0v) is 25.9. The topological polar surface area (TPSA) is 96.0 Å². The van der Waals surface area contributed by atoms with Gasteiger partial charge in [0.25, 0.3) is 10.0 Å². The summed E-state index contributed by atoms with van der Waals surface area (Å²) in [6, 6.07) is 19.1. The molecule has 0 radical (unpaired) electrons. The molecule has 0 aromatic heterocycles. The third-order valence-electron chi connectivity index (χ3n) is 6.25. The predicted molar refractivity (Wildman–Crippen MR) is 163 cm³/mol. The summed E-state index contributed by atoms with van der Waals surface area (Å²) in [6.45, 7) is 10.8. The molecule has 3 aromatic carbocycles. The number of halogens is 1. The highest BCUT2D eigenvalue weighted by atomic mass is 35.5. The van der Waals surface area contributed by atoms with Crippen molar-refractivity contribution in [2.75, 3.05) is 17.5 Å². The molecule has 41 heavy (non-hydrogen) atoms. The maximum atomic E-state index is 14.1. The average Bonchev–Trinajstić information content (AvgIpc) is 2.91. The number of hydrogen-bond donors (Lipinski definition) is 1. The number of aryl methyl sites for hydroxylation is 1. The molecule has 8 nitrogen and oxygen atoms in total. The fourth-order valence-corrected chi connectivity index (χ4v) is 5.69. The largest absolute Gasteiger partial charge is 0.492 e. The summed E-state index contributed by atoms with van der Waals surface area (Å²) < 4.78 is 34.8. The first kappa shape index (κ1) is 32.0. The summed E-state index contributed by atoms with van der Waals surface area (Å²) in [5, 5.41) is 3.30. The molecule has 0 spiro atoms. The Hall–Kier alpha value is -3.56. The molecule has 220 valence electrons. The maximum absolute atomic E-state index is 14.1. The second kappa shape index (κ2) is 13.4. The number of ether oxygens (including phenoxy) is 1. The Labute approximate surface area is 248 Å². The van der Waals surface area contributed by atoms with Crippen LogP contribution in [0.25, 0.3) is 0 Å². The average molecular weight is 600 g/mol. The normalized spacial score (nSPS) is 12.4. The molecule has 0 bridgehead atoms. The number of amides is 2. The van der Waals surface area contributed by atoms with Gasteiger partial charge in [0, 0.05) is 17.1 Å². The van der Waals surface area contributed by atoms with E-state index in [1.807, 2.05) is 52.0 Å². The van der Waals surface area contributed by atoms with Gasteiger partial charge in [0.05, 0.1) is 17.2 Å². The number of anilines is 1. The SMILES string of the molecule is CCOc1ccccc1N(CC(=O)N(Cc1ccc(C)cc1)[C@H](C)C(=O)NC(C)(C)C)S(=O)(=O)c1ccc(Cl)cc1. The molecule has 10 heteroatoms. The predicted octanol–water partition coefficient (Wildman–Crippen LogP) is 5.57. The highest BCUT2D eigenvalue weighted by Gasteiger charge is 2.34. The van der Waals surface area contributed by atoms with Crippen LogP contribution in [0.1, 0.15) is 45.7 Å². The molecule has 1 N–H and O–H groups in total. The molecule has 0 aliphatic rings. The van der Waals surface area contributed by atoms with E-state index in [0.29, 0.717) is 17.4 Å². The summed E-state index contributed by atoms with van der Waals surface area (Å²) in [6.07, 6.45) is 0. The lowest BCUT2D eigenvalue weighted by Gasteiger charge is -2.33. The van der Waals surface area contributed by atoms with Crippen LogP contribution in [-0.4, -0.2) is 49.9 Å². The standard InChI is InChI=1S/C31H38ClN3O5S/c1-7-40-28-11-9-8-10-27(28)35(41(38,39)26-18-16-25(32)17-19-26)21-29(36)34(20-24-14-12-22(2)13-15-24)23(3)30(37)33-31(4,5)6/h8-19,23H,7,20-21H2,1-6H3,(H,33,37)/t23-/m1/s1. The summed E-state index contributed by atoms with van der Waals surface area (Å²) >= 11 is 6.02. The number of benzene rings is 3. The lowest BCUT2D eigenvalue weighted by molar-refractivity contribution is -0.140. The zero-order chi connectivity index (χ0) is 30.4. The molecule has 3 aromatic rings. The number of hydrogen-bond acceptors (Lipinski definition) is 5. The zero-order valence-electron chi connectivity index (χ0n) is 24.3. The van der Waals surface area contributed by atoms with Crippen LogP contribution < -0.4 is 14.4 Å². The number of para-hydroxylation sites is 2. The summed E-state index contributed by atoms with van der Waals surface area (Å²) in [5.41, 5.74) is 1.54. The monoisotopic (exact) mass is 599 g/mol. The number of rotatable bonds is 11. The molecule has 2 amide bonds. The van der Waals surface area contributed by atoms with E-state index in [0.717, 1.165) is 15.4 Å². The van der Waals surface area contributed by atoms with Crippen molar-refractivity contribution in [2.45, 2.75) is 64.6 Å². The van der Waals surface area contributed by atoms with Crippen LogP contribution in [0.3, 0.4) is 0 Å². The summed E-state index contributed by atoms with van der Waals surface area (Å²) in [7, 11) is -4.25. The van der Waals surface area contributed by atoms with Gasteiger partial charge in [-0.1, -0.05) is 53.6 Å². The van der Waals surface area contributed by atoms with Crippen molar-refractivity contribution in [1.82, 2.24) is 10.2 Å². The van der Waals surface area contributed by atoms with Crippen LogP contribution in [0.5, 0.6) is 5.75 Å². The van der Waals surface area contributed by atoms with Crippen LogP contribution in [0, 0.1) is 6.92 Å². The van der Waals surface area contributed by atoms with Crippen LogP contribution in [0.4, 0.5) is 5.69 Å². The smallest absolute Gasteiger partial charge is 0.264 e. The first-order valence-electron chi connectivity index (χ1n) is 13.4. The number of sulfonamides is 1. The Kier molecular flexibility index (Phi) is 10.4. The van der Waals surface area contributed by atoms with Gasteiger partial charge >= 0.3 is 0 Å². The van der Waals surface area contributed by atoms with E-state index in [-0.39, 0.29) is 23.0 Å². The molecule has 1 atom stereocenters. The summed E-state index contributed by atoms with van der Waals surface area (Å²) in [5.74, 6) is -0.588. The van der Waals surface area contributed by atoms with Gasteiger partial charge in [-0.15, -0.1) is 0 Å². The Balaban J connectivity index is 2.08. The lowest BCUT2D eigenvalue weighted by Crippen LogP contribution is -2.54. The number of carbonyl (C=O) groups excluding carboxylic acids is 2. The van der Waals surface area contributed by atoms with E-state index in [1.54, 1.807) is 38.1 Å². The van der Waals surface area contributed by atoms with E-state index in [4.69, 9.17) is 16.3 Å². The van der Waals surface area contributed by atoms with Crippen molar-refractivity contribution in [1.29, 1.82) is 0 Å². The molecule has 0 fully saturated rings. The molecule has 0 saturated heterocycles. The second-order valence-electron chi connectivity index (χ2n) is 10.8. The Morgan fingerprint density at radius 2 is 1.59 bits per heavy atom. The fraction of sp³-hybridized carbons (Fsp3) is 0.355. The van der Waals surface area contributed by atoms with E-state index in [1.165, 1.54) is 29.2 Å². The van der Waals surface area contributed by atoms with Gasteiger partial charge in [0.15, 0.2) is 0 Å². The first-order valence-corrected chi connectivity index (χ1v) is 15.2. The quantitative estimate of drug-likeness (QED) is 0.311. The first-order chi connectivity index (χ1) is 19.2. The van der Waals surface area contributed by atoms with Gasteiger partial charge in [-0.3, -0.25) is 13.9 Å². The van der Waals surface area contributed by atoms with Gasteiger partial charge in [0.2, 0.25) is 11.8 Å².